The van der Waals surface area contributed by atoms with Crippen LogP contribution in [0.15, 0.2) is 66.0 Å². The number of aryl methyl sites for hydroxylation is 1. The predicted octanol–water partition coefficient (Wildman–Crippen LogP) is 4.72. The van der Waals surface area contributed by atoms with Gasteiger partial charge in [-0.05, 0) is 41.1 Å². The van der Waals surface area contributed by atoms with Crippen molar-refractivity contribution in [1.82, 2.24) is 5.32 Å². The maximum absolute atomic E-state index is 12.9. The highest BCUT2D eigenvalue weighted by Crippen LogP contribution is 2.31. The van der Waals surface area contributed by atoms with Crippen LogP contribution >= 0.6 is 11.3 Å². The van der Waals surface area contributed by atoms with E-state index in [0.29, 0.717) is 18.0 Å². The summed E-state index contributed by atoms with van der Waals surface area (Å²) in [5, 5.41) is 5.18. The minimum absolute atomic E-state index is 0.000557. The highest BCUT2D eigenvalue weighted by molar-refractivity contribution is 7.10. The Kier molecular flexibility index (Phi) is 6.67. The summed E-state index contributed by atoms with van der Waals surface area (Å²) in [6.07, 6.45) is 2.37. The topological polar surface area (TPSA) is 58.6 Å². The zero-order valence-electron chi connectivity index (χ0n) is 17.5. The number of anilines is 1. The van der Waals surface area contributed by atoms with E-state index in [1.807, 2.05) is 41.8 Å². The lowest BCUT2D eigenvalue weighted by Crippen LogP contribution is -2.41. The minimum Gasteiger partial charge on any atom is -0.482 e. The molecule has 1 aromatic heterocycles. The quantitative estimate of drug-likeness (QED) is 0.558. The first-order valence-electron chi connectivity index (χ1n) is 10.6. The number of fused-ring (bicyclic) bond motifs is 1. The van der Waals surface area contributed by atoms with Gasteiger partial charge >= 0.3 is 0 Å². The van der Waals surface area contributed by atoms with Crippen LogP contribution in [0.4, 0.5) is 5.69 Å². The Balaban J connectivity index is 1.45. The van der Waals surface area contributed by atoms with Gasteiger partial charge in [0.25, 0.3) is 5.91 Å². The van der Waals surface area contributed by atoms with Gasteiger partial charge in [0.05, 0.1) is 11.7 Å². The number of carbonyl (C=O) groups excluding carboxylic acids is 2. The number of nitrogens with zero attached hydrogens (tertiary/aromatic N) is 1. The van der Waals surface area contributed by atoms with E-state index in [1.165, 1.54) is 5.56 Å². The summed E-state index contributed by atoms with van der Waals surface area (Å²) in [6.45, 7) is 2.48. The Morgan fingerprint density at radius 1 is 1.13 bits per heavy atom. The normalized spacial score (nSPS) is 14.0. The van der Waals surface area contributed by atoms with Gasteiger partial charge in [-0.3, -0.25) is 9.59 Å². The van der Waals surface area contributed by atoms with E-state index >= 15 is 0 Å². The van der Waals surface area contributed by atoms with E-state index < -0.39 is 0 Å². The largest absolute Gasteiger partial charge is 0.482 e. The zero-order valence-corrected chi connectivity index (χ0v) is 18.4. The van der Waals surface area contributed by atoms with Crippen LogP contribution in [-0.4, -0.2) is 25.0 Å². The standard InChI is InChI=1S/C25H26N2O3S/c1-2-6-18-10-12-19(13-11-18)25(22-9-5-16-31-22)26-23(28)14-15-27-20-7-3-4-8-21(20)30-17-24(27)29/h3-5,7-13,16,25H,2,6,14-15,17H2,1H3,(H,26,28). The molecule has 0 bridgehead atoms. The third-order valence-corrected chi connectivity index (χ3v) is 6.29. The van der Waals surface area contributed by atoms with E-state index in [1.54, 1.807) is 16.2 Å². The van der Waals surface area contributed by atoms with Gasteiger partial charge in [0.15, 0.2) is 6.61 Å². The number of hydrogen-bond donors (Lipinski definition) is 1. The first-order chi connectivity index (χ1) is 15.2. The average molecular weight is 435 g/mol. The van der Waals surface area contributed by atoms with E-state index in [0.717, 1.165) is 23.3 Å². The Bertz CT molecular complexity index is 1030. The van der Waals surface area contributed by atoms with Gasteiger partial charge in [0, 0.05) is 17.8 Å². The van der Waals surface area contributed by atoms with E-state index in [-0.39, 0.29) is 30.9 Å². The van der Waals surface area contributed by atoms with Gasteiger partial charge in [0.2, 0.25) is 5.91 Å². The van der Waals surface area contributed by atoms with Crippen molar-refractivity contribution in [3.05, 3.63) is 82.0 Å². The van der Waals surface area contributed by atoms with Crippen LogP contribution in [-0.2, 0) is 16.0 Å². The SMILES string of the molecule is CCCc1ccc(C(NC(=O)CCN2C(=O)COc3ccccc32)c2cccs2)cc1. The van der Waals surface area contributed by atoms with Crippen LogP contribution in [0.5, 0.6) is 5.75 Å². The molecule has 2 aromatic carbocycles. The first kappa shape index (κ1) is 21.1. The number of para-hydroxylation sites is 2. The Labute approximate surface area is 186 Å². The van der Waals surface area contributed by atoms with Crippen LogP contribution < -0.4 is 15.0 Å². The molecule has 1 unspecified atom stereocenters. The monoisotopic (exact) mass is 434 g/mol. The van der Waals surface area contributed by atoms with Crippen LogP contribution in [0.1, 0.15) is 41.8 Å². The van der Waals surface area contributed by atoms with Gasteiger partial charge in [-0.25, -0.2) is 0 Å². The maximum atomic E-state index is 12.9. The van der Waals surface area contributed by atoms with Crippen LogP contribution in [0, 0.1) is 0 Å². The number of hydrogen-bond acceptors (Lipinski definition) is 4. The van der Waals surface area contributed by atoms with Crippen molar-refractivity contribution < 1.29 is 14.3 Å². The number of amides is 2. The van der Waals surface area contributed by atoms with Gasteiger partial charge in [-0.15, -0.1) is 11.3 Å². The fourth-order valence-electron chi connectivity index (χ4n) is 3.79. The molecule has 0 spiro atoms. The molecule has 4 rings (SSSR count). The molecule has 160 valence electrons. The number of benzene rings is 2. The molecule has 6 heteroatoms. The second-order valence-corrected chi connectivity index (χ2v) is 8.54. The van der Waals surface area contributed by atoms with Crippen molar-refractivity contribution >= 4 is 28.8 Å². The fraction of sp³-hybridized carbons (Fsp3) is 0.280. The van der Waals surface area contributed by atoms with Crippen LogP contribution in [0.25, 0.3) is 0 Å². The van der Waals surface area contributed by atoms with Crippen molar-refractivity contribution in [2.75, 3.05) is 18.1 Å². The Hall–Kier alpha value is -3.12. The molecule has 1 aliphatic heterocycles. The van der Waals surface area contributed by atoms with Gasteiger partial charge in [-0.1, -0.05) is 55.8 Å². The molecule has 0 aliphatic carbocycles. The molecule has 0 fully saturated rings. The molecule has 1 N–H and O–H groups in total. The molecule has 0 saturated carbocycles. The van der Waals surface area contributed by atoms with Gasteiger partial charge < -0.3 is 15.0 Å². The molecule has 1 aliphatic rings. The maximum Gasteiger partial charge on any atom is 0.265 e. The van der Waals surface area contributed by atoms with Gasteiger partial charge in [-0.2, -0.15) is 0 Å². The van der Waals surface area contributed by atoms with Crippen molar-refractivity contribution in [1.29, 1.82) is 0 Å². The van der Waals surface area contributed by atoms with E-state index in [2.05, 4.69) is 36.5 Å². The first-order valence-corrected chi connectivity index (χ1v) is 11.5. The Morgan fingerprint density at radius 3 is 2.68 bits per heavy atom. The summed E-state index contributed by atoms with van der Waals surface area (Å²) < 4.78 is 5.48. The highest BCUT2D eigenvalue weighted by atomic mass is 32.1. The van der Waals surface area contributed by atoms with Crippen LogP contribution in [0.3, 0.4) is 0 Å². The molecule has 0 saturated heterocycles. The summed E-state index contributed by atoms with van der Waals surface area (Å²) in [5.41, 5.74) is 3.07. The zero-order chi connectivity index (χ0) is 21.6. The molecule has 3 aromatic rings. The smallest absolute Gasteiger partial charge is 0.265 e. The summed E-state index contributed by atoms with van der Waals surface area (Å²) >= 11 is 1.62. The second-order valence-electron chi connectivity index (χ2n) is 7.56. The number of rotatable bonds is 8. The fourth-order valence-corrected chi connectivity index (χ4v) is 4.59. The number of ether oxygens (including phenoxy) is 1. The van der Waals surface area contributed by atoms with Gasteiger partial charge in [0.1, 0.15) is 5.75 Å². The molecule has 5 nitrogen and oxygen atoms in total. The van der Waals surface area contributed by atoms with Crippen molar-refractivity contribution in [2.45, 2.75) is 32.2 Å². The summed E-state index contributed by atoms with van der Waals surface area (Å²) in [4.78, 5) is 28.0. The molecule has 1 atom stereocenters. The average Bonchev–Trinajstić information content (AvgIpc) is 3.32. The lowest BCUT2D eigenvalue weighted by molar-refractivity contribution is -0.122. The minimum atomic E-state index is -0.198. The second kappa shape index (κ2) is 9.79. The third-order valence-electron chi connectivity index (χ3n) is 5.36. The molecule has 2 heterocycles. The molecule has 31 heavy (non-hydrogen) atoms. The lowest BCUT2D eigenvalue weighted by Gasteiger charge is -2.29. The number of thiophene rings is 1. The molecule has 2 amide bonds. The van der Waals surface area contributed by atoms with E-state index in [9.17, 15) is 9.59 Å². The van der Waals surface area contributed by atoms with Crippen molar-refractivity contribution in [3.63, 3.8) is 0 Å². The predicted molar refractivity (Wildman–Crippen MR) is 124 cm³/mol. The van der Waals surface area contributed by atoms with Crippen molar-refractivity contribution in [3.8, 4) is 5.75 Å². The lowest BCUT2D eigenvalue weighted by atomic mass is 10.0. The van der Waals surface area contributed by atoms with E-state index in [4.69, 9.17) is 4.74 Å². The molecular weight excluding hydrogens is 408 g/mol. The number of carbonyl (C=O) groups is 2. The molecular formula is C25H26N2O3S. The summed E-state index contributed by atoms with van der Waals surface area (Å²) in [7, 11) is 0. The number of nitrogens with one attached hydrogen (secondary N) is 1. The summed E-state index contributed by atoms with van der Waals surface area (Å²) in [6, 6.07) is 19.7. The highest BCUT2D eigenvalue weighted by Gasteiger charge is 2.26. The molecule has 0 radical (unpaired) electrons. The Morgan fingerprint density at radius 2 is 1.94 bits per heavy atom. The van der Waals surface area contributed by atoms with Crippen LogP contribution in [0.2, 0.25) is 0 Å². The summed E-state index contributed by atoms with van der Waals surface area (Å²) in [5.74, 6) is 0.451. The van der Waals surface area contributed by atoms with Crippen molar-refractivity contribution in [2.24, 2.45) is 0 Å². The third kappa shape index (κ3) is 4.97.